The summed E-state index contributed by atoms with van der Waals surface area (Å²) in [6.07, 6.45) is 4.66. The molecule has 5 nitrogen and oxygen atoms in total. The van der Waals surface area contributed by atoms with Crippen LogP contribution >= 0.6 is 0 Å². The molecule has 0 unspecified atom stereocenters. The highest BCUT2D eigenvalue weighted by Crippen LogP contribution is 2.37. The number of alkyl carbamates (subject to hydrolysis) is 1. The summed E-state index contributed by atoms with van der Waals surface area (Å²) in [7, 11) is 0. The molecular formula is C24H30N2O3. The Labute approximate surface area is 172 Å². The first-order valence-electron chi connectivity index (χ1n) is 10.4. The topological polar surface area (TPSA) is 67.4 Å². The van der Waals surface area contributed by atoms with Crippen LogP contribution in [0.3, 0.4) is 0 Å². The number of carbonyl (C=O) groups is 2. The predicted octanol–water partition coefficient (Wildman–Crippen LogP) is 4.35. The number of nitrogens with one attached hydrogen (secondary N) is 2. The van der Waals surface area contributed by atoms with Gasteiger partial charge in [-0.25, -0.2) is 4.79 Å². The molecule has 2 aromatic carbocycles. The van der Waals surface area contributed by atoms with Crippen LogP contribution in [-0.4, -0.2) is 18.5 Å². The number of benzene rings is 2. The van der Waals surface area contributed by atoms with Crippen molar-refractivity contribution in [1.29, 1.82) is 0 Å². The SMILES string of the molecule is CC1(C(=O)NCCc2ccc(CNC(=O)OCc3ccccc3)cc2)CCCC1. The van der Waals surface area contributed by atoms with Crippen LogP contribution in [0.15, 0.2) is 54.6 Å². The quantitative estimate of drug-likeness (QED) is 0.699. The first-order valence-corrected chi connectivity index (χ1v) is 10.4. The van der Waals surface area contributed by atoms with E-state index in [1.54, 1.807) is 0 Å². The second-order valence-corrected chi connectivity index (χ2v) is 8.01. The third-order valence-electron chi connectivity index (χ3n) is 5.63. The number of carbonyl (C=O) groups excluding carboxylic acids is 2. The molecule has 0 bridgehead atoms. The first kappa shape index (κ1) is 20.9. The first-order chi connectivity index (χ1) is 14.0. The summed E-state index contributed by atoms with van der Waals surface area (Å²) in [6.45, 7) is 3.40. The van der Waals surface area contributed by atoms with E-state index in [-0.39, 0.29) is 17.9 Å². The fourth-order valence-electron chi connectivity index (χ4n) is 3.69. The molecular weight excluding hydrogens is 364 g/mol. The summed E-state index contributed by atoms with van der Waals surface area (Å²) in [5.41, 5.74) is 2.95. The van der Waals surface area contributed by atoms with Gasteiger partial charge in [-0.3, -0.25) is 4.79 Å². The van der Waals surface area contributed by atoms with Crippen LogP contribution in [-0.2, 0) is 29.1 Å². The van der Waals surface area contributed by atoms with E-state index in [9.17, 15) is 9.59 Å². The number of hydrogen-bond donors (Lipinski definition) is 2. The lowest BCUT2D eigenvalue weighted by atomic mass is 9.88. The lowest BCUT2D eigenvalue weighted by Gasteiger charge is -2.22. The zero-order chi connectivity index (χ0) is 20.5. The van der Waals surface area contributed by atoms with E-state index >= 15 is 0 Å². The Morgan fingerprint density at radius 2 is 1.55 bits per heavy atom. The van der Waals surface area contributed by atoms with Crippen molar-refractivity contribution in [3.63, 3.8) is 0 Å². The summed E-state index contributed by atoms with van der Waals surface area (Å²) >= 11 is 0. The zero-order valence-corrected chi connectivity index (χ0v) is 17.1. The maximum absolute atomic E-state index is 12.3. The molecule has 2 aromatic rings. The second-order valence-electron chi connectivity index (χ2n) is 8.01. The highest BCUT2D eigenvalue weighted by Gasteiger charge is 2.35. The molecule has 0 heterocycles. The molecule has 0 radical (unpaired) electrons. The van der Waals surface area contributed by atoms with Gasteiger partial charge < -0.3 is 15.4 Å². The fourth-order valence-corrected chi connectivity index (χ4v) is 3.69. The van der Waals surface area contributed by atoms with E-state index < -0.39 is 6.09 Å². The molecule has 5 heteroatoms. The van der Waals surface area contributed by atoms with Gasteiger partial charge in [-0.15, -0.1) is 0 Å². The van der Waals surface area contributed by atoms with Crippen molar-refractivity contribution in [2.75, 3.05) is 6.54 Å². The van der Waals surface area contributed by atoms with Crippen molar-refractivity contribution in [3.8, 4) is 0 Å². The number of hydrogen-bond acceptors (Lipinski definition) is 3. The van der Waals surface area contributed by atoms with Crippen LogP contribution in [0.4, 0.5) is 4.79 Å². The predicted molar refractivity (Wildman–Crippen MR) is 113 cm³/mol. The summed E-state index contributed by atoms with van der Waals surface area (Å²) < 4.78 is 5.21. The average molecular weight is 395 g/mol. The molecule has 1 aliphatic carbocycles. The summed E-state index contributed by atoms with van der Waals surface area (Å²) in [6, 6.07) is 17.7. The van der Waals surface area contributed by atoms with Crippen LogP contribution in [0, 0.1) is 5.41 Å². The van der Waals surface area contributed by atoms with E-state index in [4.69, 9.17) is 4.74 Å². The molecule has 1 aliphatic rings. The van der Waals surface area contributed by atoms with Crippen LogP contribution in [0.2, 0.25) is 0 Å². The third-order valence-corrected chi connectivity index (χ3v) is 5.63. The molecule has 0 saturated heterocycles. The van der Waals surface area contributed by atoms with Gasteiger partial charge in [0.15, 0.2) is 0 Å². The van der Waals surface area contributed by atoms with Crippen LogP contribution < -0.4 is 10.6 Å². The van der Waals surface area contributed by atoms with E-state index in [1.165, 1.54) is 0 Å². The van der Waals surface area contributed by atoms with Gasteiger partial charge >= 0.3 is 6.09 Å². The van der Waals surface area contributed by atoms with Crippen molar-refractivity contribution in [2.45, 2.75) is 52.2 Å². The number of rotatable bonds is 8. The minimum atomic E-state index is -0.430. The molecule has 0 atom stereocenters. The molecule has 2 amide bonds. The Hall–Kier alpha value is -2.82. The normalized spacial score (nSPS) is 14.9. The average Bonchev–Trinajstić information content (AvgIpc) is 3.20. The highest BCUT2D eigenvalue weighted by molar-refractivity contribution is 5.82. The van der Waals surface area contributed by atoms with Gasteiger partial charge in [0.25, 0.3) is 0 Å². The Balaban J connectivity index is 1.35. The molecule has 3 rings (SSSR count). The summed E-state index contributed by atoms with van der Waals surface area (Å²) in [5, 5.41) is 5.85. The lowest BCUT2D eigenvalue weighted by molar-refractivity contribution is -0.129. The molecule has 154 valence electrons. The molecule has 2 N–H and O–H groups in total. The van der Waals surface area contributed by atoms with Gasteiger partial charge in [-0.05, 0) is 36.0 Å². The standard InChI is InChI=1S/C24H30N2O3/c1-24(14-5-6-15-24)22(27)25-16-13-19-9-11-20(12-10-19)17-26-23(28)29-18-21-7-3-2-4-8-21/h2-4,7-12H,5-6,13-18H2,1H3,(H,25,27)(H,26,28). The number of amides is 2. The van der Waals surface area contributed by atoms with Crippen LogP contribution in [0.5, 0.6) is 0 Å². The summed E-state index contributed by atoms with van der Waals surface area (Å²) in [5.74, 6) is 0.185. The van der Waals surface area contributed by atoms with Crippen molar-refractivity contribution in [1.82, 2.24) is 10.6 Å². The van der Waals surface area contributed by atoms with Gasteiger partial charge in [0.2, 0.25) is 5.91 Å². The van der Waals surface area contributed by atoms with E-state index in [0.29, 0.717) is 13.1 Å². The molecule has 0 spiro atoms. The Bertz CT molecular complexity index is 797. The minimum Gasteiger partial charge on any atom is -0.445 e. The van der Waals surface area contributed by atoms with E-state index in [0.717, 1.165) is 48.8 Å². The minimum absolute atomic E-state index is 0.176. The summed E-state index contributed by atoms with van der Waals surface area (Å²) in [4.78, 5) is 24.2. The fraction of sp³-hybridized carbons (Fsp3) is 0.417. The third kappa shape index (κ3) is 6.34. The van der Waals surface area contributed by atoms with Crippen molar-refractivity contribution >= 4 is 12.0 Å². The van der Waals surface area contributed by atoms with Gasteiger partial charge in [0, 0.05) is 18.5 Å². The maximum atomic E-state index is 12.3. The molecule has 0 aliphatic heterocycles. The Morgan fingerprint density at radius 1 is 0.897 bits per heavy atom. The largest absolute Gasteiger partial charge is 0.445 e. The highest BCUT2D eigenvalue weighted by atomic mass is 16.5. The molecule has 1 saturated carbocycles. The van der Waals surface area contributed by atoms with Gasteiger partial charge in [-0.2, -0.15) is 0 Å². The molecule has 29 heavy (non-hydrogen) atoms. The van der Waals surface area contributed by atoms with Crippen molar-refractivity contribution in [3.05, 3.63) is 71.3 Å². The Morgan fingerprint density at radius 3 is 2.24 bits per heavy atom. The molecule has 0 aromatic heterocycles. The van der Waals surface area contributed by atoms with Crippen molar-refractivity contribution in [2.24, 2.45) is 5.41 Å². The monoisotopic (exact) mass is 394 g/mol. The molecule has 1 fully saturated rings. The maximum Gasteiger partial charge on any atom is 0.407 e. The lowest BCUT2D eigenvalue weighted by Crippen LogP contribution is -2.38. The Kier molecular flexibility index (Phi) is 7.28. The van der Waals surface area contributed by atoms with E-state index in [1.807, 2.05) is 54.6 Å². The van der Waals surface area contributed by atoms with Gasteiger partial charge in [0.05, 0.1) is 0 Å². The van der Waals surface area contributed by atoms with Gasteiger partial charge in [-0.1, -0.05) is 74.4 Å². The van der Waals surface area contributed by atoms with Gasteiger partial charge in [0.1, 0.15) is 6.61 Å². The van der Waals surface area contributed by atoms with E-state index in [2.05, 4.69) is 17.6 Å². The second kappa shape index (κ2) is 10.1. The van der Waals surface area contributed by atoms with Crippen molar-refractivity contribution < 1.29 is 14.3 Å². The van der Waals surface area contributed by atoms with Crippen LogP contribution in [0.1, 0.15) is 49.3 Å². The van der Waals surface area contributed by atoms with Crippen LogP contribution in [0.25, 0.3) is 0 Å². The zero-order valence-electron chi connectivity index (χ0n) is 17.1. The smallest absolute Gasteiger partial charge is 0.407 e. The number of ether oxygens (including phenoxy) is 1.